The van der Waals surface area contributed by atoms with E-state index in [-0.39, 0.29) is 51.9 Å². The highest BCUT2D eigenvalue weighted by atomic mass is 16.6. The van der Waals surface area contributed by atoms with Crippen molar-refractivity contribution >= 4 is 26.4 Å². The minimum atomic E-state index is -0.534. The van der Waals surface area contributed by atoms with Gasteiger partial charge in [0.2, 0.25) is 0 Å². The summed E-state index contributed by atoms with van der Waals surface area (Å²) in [5, 5.41) is 2.97. The Bertz CT molecular complexity index is 1360. The molecule has 2 aliphatic heterocycles. The van der Waals surface area contributed by atoms with Crippen LogP contribution in [-0.4, -0.2) is 107 Å². The summed E-state index contributed by atoms with van der Waals surface area (Å²) >= 11 is 0. The molecule has 1 amide bonds. The van der Waals surface area contributed by atoms with Gasteiger partial charge in [-0.2, -0.15) is 0 Å². The summed E-state index contributed by atoms with van der Waals surface area (Å²) in [5.74, 6) is 1.35. The Morgan fingerprint density at radius 2 is 1.17 bits per heavy atom. The predicted molar refractivity (Wildman–Crippen MR) is 209 cm³/mol. The van der Waals surface area contributed by atoms with Crippen LogP contribution in [0.25, 0.3) is 0 Å². The second-order valence-electron chi connectivity index (χ2n) is 14.1. The molecular weight excluding hydrogens is 675 g/mol. The van der Waals surface area contributed by atoms with Crippen molar-refractivity contribution < 1.29 is 38.1 Å². The number of benzene rings is 2. The number of hydrogen-bond acceptors (Lipinski definition) is 11. The first-order valence-corrected chi connectivity index (χ1v) is 18.1. The fourth-order valence-electron chi connectivity index (χ4n) is 6.43. The van der Waals surface area contributed by atoms with E-state index in [0.29, 0.717) is 39.1 Å². The second kappa shape index (κ2) is 23.8. The number of amides is 1. The zero-order chi connectivity index (χ0) is 37.4. The van der Waals surface area contributed by atoms with Crippen LogP contribution in [0.3, 0.4) is 0 Å². The largest absolute Gasteiger partial charge is 0.497 e. The van der Waals surface area contributed by atoms with Gasteiger partial charge in [-0.1, -0.05) is 31.7 Å². The van der Waals surface area contributed by atoms with Gasteiger partial charge < -0.3 is 34.7 Å². The molecule has 0 bridgehead atoms. The number of alkyl carbamates (subject to hydrolysis) is 1. The minimum absolute atomic E-state index is 0. The van der Waals surface area contributed by atoms with Crippen molar-refractivity contribution in [1.82, 2.24) is 15.1 Å². The van der Waals surface area contributed by atoms with E-state index >= 15 is 0 Å². The first-order chi connectivity index (χ1) is 24.3. The van der Waals surface area contributed by atoms with Crippen LogP contribution >= 0.6 is 0 Å². The highest BCUT2D eigenvalue weighted by Gasteiger charge is 2.32. The molecule has 3 N–H and O–H groups in total. The van der Waals surface area contributed by atoms with Gasteiger partial charge in [-0.15, -0.1) is 0 Å². The summed E-state index contributed by atoms with van der Waals surface area (Å²) < 4.78 is 26.0. The predicted octanol–water partition coefficient (Wildman–Crippen LogP) is 5.70. The Kier molecular flexibility index (Phi) is 21.2. The molecule has 2 saturated heterocycles. The fraction of sp³-hybridized carbons (Fsp3) is 0.625. The van der Waals surface area contributed by atoms with Crippen LogP contribution in [0.15, 0.2) is 48.5 Å². The lowest BCUT2D eigenvalue weighted by molar-refractivity contribution is -0.146. The number of methoxy groups -OCH3 is 2. The van der Waals surface area contributed by atoms with Crippen LogP contribution in [-0.2, 0) is 36.9 Å². The van der Waals surface area contributed by atoms with Crippen LogP contribution in [0.1, 0.15) is 91.7 Å². The van der Waals surface area contributed by atoms with E-state index < -0.39 is 11.7 Å². The van der Waals surface area contributed by atoms with Crippen LogP contribution < -0.4 is 20.5 Å². The van der Waals surface area contributed by atoms with Crippen molar-refractivity contribution in [2.45, 2.75) is 123 Å². The lowest BCUT2D eigenvalue weighted by atomic mass is 9.95. The molecule has 4 rings (SSSR count). The molecule has 0 aromatic heterocycles. The van der Waals surface area contributed by atoms with Crippen molar-refractivity contribution in [3.8, 4) is 11.5 Å². The molecule has 2 fully saturated rings. The highest BCUT2D eigenvalue weighted by molar-refractivity contribution is 5.75. The van der Waals surface area contributed by atoms with E-state index in [4.69, 9.17) is 29.4 Å². The van der Waals surface area contributed by atoms with E-state index in [9.17, 15) is 14.4 Å². The number of hydrogen-bond donors (Lipinski definition) is 2. The first kappa shape index (κ1) is 47.2. The standard InChI is InChI=1S/C22H34N2O5.C17H26N2O3.CH4.B/c1-6-28-20(25)13-18-10-9-17(23-21(26)29-22(2,3)4)15-24(18)14-16-7-11-19(27-5)12-8-16;1-3-22-17(20)10-15-7-6-14(18)12-19(15)11-13-4-8-16(21-2)9-5-13;;/h7-8,11-12,17-18H,6,9-10,13-15H2,1-5H3,(H,23,26);4-5,8-9,14-15H,3,6-7,10-12,18H2,1-2H3;1H4;/t17-,18-;14-,15-;;/m11../s1. The van der Waals surface area contributed by atoms with Crippen molar-refractivity contribution in [1.29, 1.82) is 0 Å². The third kappa shape index (κ3) is 17.3. The van der Waals surface area contributed by atoms with Gasteiger partial charge in [0.05, 0.1) is 40.3 Å². The molecule has 0 saturated carbocycles. The molecule has 2 aliphatic rings. The zero-order valence-electron chi connectivity index (χ0n) is 32.2. The molecule has 53 heavy (non-hydrogen) atoms. The lowest BCUT2D eigenvalue weighted by Gasteiger charge is -2.39. The average molecular weight is 740 g/mol. The topological polar surface area (TPSA) is 142 Å². The monoisotopic (exact) mass is 739 g/mol. The number of nitrogens with one attached hydrogen (secondary N) is 1. The number of rotatable bonds is 13. The summed E-state index contributed by atoms with van der Waals surface area (Å²) in [5.41, 5.74) is 7.89. The molecule has 2 aromatic rings. The third-order valence-electron chi connectivity index (χ3n) is 8.90. The quantitative estimate of drug-likeness (QED) is 0.148. The zero-order valence-corrected chi connectivity index (χ0v) is 32.2. The summed E-state index contributed by atoms with van der Waals surface area (Å²) in [6, 6.07) is 16.4. The van der Waals surface area contributed by atoms with Crippen LogP contribution in [0.4, 0.5) is 4.79 Å². The van der Waals surface area contributed by atoms with Crippen LogP contribution in [0.5, 0.6) is 11.5 Å². The minimum Gasteiger partial charge on any atom is -0.497 e. The molecule has 2 aromatic carbocycles. The van der Waals surface area contributed by atoms with Gasteiger partial charge >= 0.3 is 18.0 Å². The van der Waals surface area contributed by atoms with Crippen molar-refractivity contribution in [3.05, 3.63) is 59.7 Å². The summed E-state index contributed by atoms with van der Waals surface area (Å²) in [6.45, 7) is 12.9. The van der Waals surface area contributed by atoms with Gasteiger partial charge in [0.1, 0.15) is 17.1 Å². The Balaban J connectivity index is 0.000000528. The third-order valence-corrected chi connectivity index (χ3v) is 8.90. The van der Waals surface area contributed by atoms with E-state index in [2.05, 4.69) is 27.2 Å². The van der Waals surface area contributed by atoms with Crippen molar-refractivity contribution in [2.75, 3.05) is 40.5 Å². The number of piperidine rings is 2. The molecule has 2 heterocycles. The smallest absolute Gasteiger partial charge is 0.407 e. The number of carbonyl (C=O) groups excluding carboxylic acids is 3. The van der Waals surface area contributed by atoms with E-state index in [1.54, 1.807) is 14.2 Å². The maximum atomic E-state index is 12.2. The normalized spacial score (nSPS) is 20.2. The molecule has 3 radical (unpaired) electrons. The van der Waals surface area contributed by atoms with Crippen molar-refractivity contribution in [3.63, 3.8) is 0 Å². The van der Waals surface area contributed by atoms with E-state index in [0.717, 1.165) is 55.8 Å². The molecule has 295 valence electrons. The number of esters is 2. The molecule has 0 aliphatic carbocycles. The molecule has 12 nitrogen and oxygen atoms in total. The Morgan fingerprint density at radius 3 is 1.58 bits per heavy atom. The molecule has 4 atom stereocenters. The second-order valence-corrected chi connectivity index (χ2v) is 14.1. The van der Waals surface area contributed by atoms with E-state index in [1.807, 2.05) is 71.0 Å². The number of nitrogens with zero attached hydrogens (tertiary/aromatic N) is 2. The van der Waals surface area contributed by atoms with Gasteiger partial charge in [-0.3, -0.25) is 19.4 Å². The Morgan fingerprint density at radius 1 is 0.736 bits per heavy atom. The Hall–Kier alpha value is -3.81. The number of carbonyl (C=O) groups is 3. The maximum absolute atomic E-state index is 12.2. The van der Waals surface area contributed by atoms with Crippen molar-refractivity contribution in [2.24, 2.45) is 5.73 Å². The highest BCUT2D eigenvalue weighted by Crippen LogP contribution is 2.25. The van der Waals surface area contributed by atoms with Crippen LogP contribution in [0.2, 0.25) is 0 Å². The summed E-state index contributed by atoms with van der Waals surface area (Å²) in [4.78, 5) is 40.5. The molecule has 13 heteroatoms. The van der Waals surface area contributed by atoms with E-state index in [1.165, 1.54) is 5.56 Å². The first-order valence-electron chi connectivity index (χ1n) is 18.1. The van der Waals surface area contributed by atoms with Gasteiger partial charge in [-0.25, -0.2) is 4.79 Å². The number of likely N-dealkylation sites (tertiary alicyclic amines) is 2. The number of ether oxygens (including phenoxy) is 5. The fourth-order valence-corrected chi connectivity index (χ4v) is 6.43. The molecular formula is C40H64BN4O8. The van der Waals surface area contributed by atoms with Gasteiger partial charge in [-0.05, 0) is 95.7 Å². The van der Waals surface area contributed by atoms with Gasteiger partial charge in [0.25, 0.3) is 0 Å². The van der Waals surface area contributed by atoms with Gasteiger partial charge in [0, 0.05) is 58.8 Å². The SMILES string of the molecule is C.CCOC(=O)C[C@H]1CC[C@@H](N)CN1Cc1ccc(OC)cc1.CCOC(=O)C[C@H]1CC[C@@H](NC(=O)OC(C)(C)C)CN1Cc1ccc(OC)cc1.[B]. The Labute approximate surface area is 319 Å². The van der Waals surface area contributed by atoms with Gasteiger partial charge in [0.15, 0.2) is 0 Å². The average Bonchev–Trinajstić information content (AvgIpc) is 3.07. The lowest BCUT2D eigenvalue weighted by Crippen LogP contribution is -2.52. The van der Waals surface area contributed by atoms with Crippen LogP contribution in [0, 0.1) is 0 Å². The summed E-state index contributed by atoms with van der Waals surface area (Å²) in [6.07, 6.45) is 3.88. The summed E-state index contributed by atoms with van der Waals surface area (Å²) in [7, 11) is 3.30. The number of nitrogens with two attached hydrogens (primary N) is 1. The maximum Gasteiger partial charge on any atom is 0.407 e. The molecule has 0 unspecified atom stereocenters. The molecule has 0 spiro atoms.